The molecule has 82 valence electrons. The molecule has 0 spiro atoms. The fraction of sp³-hybridized carbons (Fsp3) is 0.583. The molecule has 1 aliphatic heterocycles. The normalized spacial score (nSPS) is 22.9. The van der Waals surface area contributed by atoms with E-state index < -0.39 is 6.10 Å². The van der Waals surface area contributed by atoms with Gasteiger partial charge in [0.15, 0.2) is 0 Å². The topological polar surface area (TPSA) is 42.4 Å². The molecular formula is C12H17NO2. The number of ether oxygens (including phenoxy) is 1. The van der Waals surface area contributed by atoms with Gasteiger partial charge in [0, 0.05) is 31.0 Å². The Balaban J connectivity index is 2.00. The Hall–Kier alpha value is -0.930. The van der Waals surface area contributed by atoms with E-state index in [-0.39, 0.29) is 6.10 Å². The molecule has 1 aliphatic rings. The lowest BCUT2D eigenvalue weighted by Crippen LogP contribution is -2.12. The van der Waals surface area contributed by atoms with Crippen molar-refractivity contribution in [1.82, 2.24) is 4.98 Å². The molecule has 2 atom stereocenters. The van der Waals surface area contributed by atoms with Crippen LogP contribution >= 0.6 is 0 Å². The van der Waals surface area contributed by atoms with Gasteiger partial charge in [0.2, 0.25) is 0 Å². The monoisotopic (exact) mass is 207 g/mol. The Morgan fingerprint density at radius 3 is 3.20 bits per heavy atom. The quantitative estimate of drug-likeness (QED) is 0.824. The summed E-state index contributed by atoms with van der Waals surface area (Å²) in [5.41, 5.74) is 2.02. The number of pyridine rings is 1. The summed E-state index contributed by atoms with van der Waals surface area (Å²) in [6.45, 7) is 2.83. The van der Waals surface area contributed by atoms with Crippen molar-refractivity contribution >= 4 is 0 Å². The lowest BCUT2D eigenvalue weighted by molar-refractivity contribution is 0.0532. The number of hydrogen-bond donors (Lipinski definition) is 1. The number of hydrogen-bond acceptors (Lipinski definition) is 3. The van der Waals surface area contributed by atoms with Crippen LogP contribution in [0.2, 0.25) is 0 Å². The number of aromatic nitrogens is 1. The van der Waals surface area contributed by atoms with Crippen molar-refractivity contribution in [1.29, 1.82) is 0 Å². The van der Waals surface area contributed by atoms with Crippen molar-refractivity contribution in [3.05, 3.63) is 29.6 Å². The molecule has 0 saturated carbocycles. The van der Waals surface area contributed by atoms with E-state index in [4.69, 9.17) is 4.74 Å². The van der Waals surface area contributed by atoms with Crippen molar-refractivity contribution in [2.45, 2.75) is 38.4 Å². The van der Waals surface area contributed by atoms with Gasteiger partial charge in [-0.2, -0.15) is 0 Å². The summed E-state index contributed by atoms with van der Waals surface area (Å²) in [5.74, 6) is 0. The molecule has 0 radical (unpaired) electrons. The Labute approximate surface area is 90.1 Å². The molecule has 1 aromatic rings. The summed E-state index contributed by atoms with van der Waals surface area (Å²) in [6, 6.07) is 1.92. The zero-order valence-electron chi connectivity index (χ0n) is 9.02. The predicted molar refractivity (Wildman–Crippen MR) is 57.5 cm³/mol. The second-order valence-corrected chi connectivity index (χ2v) is 4.12. The van der Waals surface area contributed by atoms with Gasteiger partial charge in [-0.15, -0.1) is 0 Å². The van der Waals surface area contributed by atoms with Crippen molar-refractivity contribution in [2.75, 3.05) is 6.61 Å². The van der Waals surface area contributed by atoms with Gasteiger partial charge in [-0.05, 0) is 31.4 Å². The zero-order valence-corrected chi connectivity index (χ0v) is 9.02. The van der Waals surface area contributed by atoms with Crippen LogP contribution in [0.5, 0.6) is 0 Å². The lowest BCUT2D eigenvalue weighted by atomic mass is 10.0. The minimum atomic E-state index is -0.443. The first kappa shape index (κ1) is 10.6. The molecule has 0 bridgehead atoms. The van der Waals surface area contributed by atoms with E-state index >= 15 is 0 Å². The maximum absolute atomic E-state index is 10.0. The van der Waals surface area contributed by atoms with E-state index in [0.717, 1.165) is 30.6 Å². The maximum atomic E-state index is 10.0. The molecule has 1 aromatic heterocycles. The van der Waals surface area contributed by atoms with Gasteiger partial charge < -0.3 is 9.84 Å². The third-order valence-corrected chi connectivity index (χ3v) is 2.95. The van der Waals surface area contributed by atoms with Gasteiger partial charge >= 0.3 is 0 Å². The maximum Gasteiger partial charge on any atom is 0.0832 e. The Bertz CT molecular complexity index is 321. The summed E-state index contributed by atoms with van der Waals surface area (Å²) in [4.78, 5) is 4.04. The van der Waals surface area contributed by atoms with Gasteiger partial charge in [-0.25, -0.2) is 0 Å². The average Bonchev–Trinajstić information content (AvgIpc) is 2.71. The molecule has 0 aliphatic carbocycles. The van der Waals surface area contributed by atoms with Crippen molar-refractivity contribution in [3.8, 4) is 0 Å². The van der Waals surface area contributed by atoms with E-state index in [1.807, 2.05) is 13.0 Å². The molecule has 2 unspecified atom stereocenters. The van der Waals surface area contributed by atoms with Crippen LogP contribution in [-0.2, 0) is 4.74 Å². The summed E-state index contributed by atoms with van der Waals surface area (Å²) in [6.07, 6.45) is 6.14. The first-order valence-electron chi connectivity index (χ1n) is 5.47. The van der Waals surface area contributed by atoms with Crippen LogP contribution in [0.3, 0.4) is 0 Å². The SMILES string of the molecule is Cc1ccncc1C(O)CC1CCCO1. The molecule has 3 heteroatoms. The Morgan fingerprint density at radius 1 is 1.67 bits per heavy atom. The highest BCUT2D eigenvalue weighted by Crippen LogP contribution is 2.26. The van der Waals surface area contributed by atoms with Crippen LogP contribution in [0.15, 0.2) is 18.5 Å². The van der Waals surface area contributed by atoms with Crippen molar-refractivity contribution in [2.24, 2.45) is 0 Å². The highest BCUT2D eigenvalue weighted by atomic mass is 16.5. The smallest absolute Gasteiger partial charge is 0.0832 e. The number of aryl methyl sites for hydroxylation is 1. The molecule has 3 nitrogen and oxygen atoms in total. The molecule has 2 rings (SSSR count). The molecular weight excluding hydrogens is 190 g/mol. The third-order valence-electron chi connectivity index (χ3n) is 2.95. The number of aliphatic hydroxyl groups is 1. The Morgan fingerprint density at radius 2 is 2.53 bits per heavy atom. The molecule has 0 aromatic carbocycles. The zero-order chi connectivity index (χ0) is 10.7. The fourth-order valence-electron chi connectivity index (χ4n) is 2.03. The minimum Gasteiger partial charge on any atom is -0.388 e. The second-order valence-electron chi connectivity index (χ2n) is 4.12. The van der Waals surface area contributed by atoms with Crippen LogP contribution in [0.1, 0.15) is 36.5 Å². The molecule has 0 amide bonds. The van der Waals surface area contributed by atoms with E-state index in [9.17, 15) is 5.11 Å². The van der Waals surface area contributed by atoms with E-state index in [1.54, 1.807) is 12.4 Å². The van der Waals surface area contributed by atoms with Gasteiger partial charge in [0.1, 0.15) is 0 Å². The van der Waals surface area contributed by atoms with Gasteiger partial charge in [0.05, 0.1) is 12.2 Å². The summed E-state index contributed by atoms with van der Waals surface area (Å²) >= 11 is 0. The molecule has 2 heterocycles. The van der Waals surface area contributed by atoms with Crippen molar-refractivity contribution < 1.29 is 9.84 Å². The number of aliphatic hydroxyl groups excluding tert-OH is 1. The Kier molecular flexibility index (Phi) is 3.34. The molecule has 15 heavy (non-hydrogen) atoms. The fourth-order valence-corrected chi connectivity index (χ4v) is 2.03. The average molecular weight is 207 g/mol. The highest BCUT2D eigenvalue weighted by molar-refractivity contribution is 5.23. The number of rotatable bonds is 3. The van der Waals surface area contributed by atoms with Gasteiger partial charge in [-0.3, -0.25) is 4.98 Å². The largest absolute Gasteiger partial charge is 0.388 e. The highest BCUT2D eigenvalue weighted by Gasteiger charge is 2.21. The standard InChI is InChI=1S/C12H17NO2/c1-9-4-5-13-8-11(9)12(14)7-10-3-2-6-15-10/h4-5,8,10,12,14H,2-3,6-7H2,1H3. The lowest BCUT2D eigenvalue weighted by Gasteiger charge is -2.16. The summed E-state index contributed by atoms with van der Waals surface area (Å²) < 4.78 is 5.50. The van der Waals surface area contributed by atoms with Crippen molar-refractivity contribution in [3.63, 3.8) is 0 Å². The van der Waals surface area contributed by atoms with Crippen LogP contribution in [0, 0.1) is 6.92 Å². The van der Waals surface area contributed by atoms with E-state index in [2.05, 4.69) is 4.98 Å². The van der Waals surface area contributed by atoms with Crippen LogP contribution in [-0.4, -0.2) is 22.8 Å². The van der Waals surface area contributed by atoms with Gasteiger partial charge in [-0.1, -0.05) is 0 Å². The second kappa shape index (κ2) is 4.73. The third kappa shape index (κ3) is 2.55. The minimum absolute atomic E-state index is 0.222. The predicted octanol–water partition coefficient (Wildman–Crippen LogP) is 1.99. The molecule has 1 saturated heterocycles. The van der Waals surface area contributed by atoms with Gasteiger partial charge in [0.25, 0.3) is 0 Å². The first-order valence-corrected chi connectivity index (χ1v) is 5.47. The molecule has 1 fully saturated rings. The molecule has 1 N–H and O–H groups in total. The summed E-state index contributed by atoms with van der Waals surface area (Å²) in [7, 11) is 0. The first-order chi connectivity index (χ1) is 7.27. The van der Waals surface area contributed by atoms with Crippen LogP contribution in [0.4, 0.5) is 0 Å². The van der Waals surface area contributed by atoms with E-state index in [0.29, 0.717) is 6.42 Å². The van der Waals surface area contributed by atoms with Crippen LogP contribution < -0.4 is 0 Å². The summed E-state index contributed by atoms with van der Waals surface area (Å²) in [5, 5.41) is 10.0. The number of nitrogens with zero attached hydrogens (tertiary/aromatic N) is 1. The van der Waals surface area contributed by atoms with E-state index in [1.165, 1.54) is 0 Å². The van der Waals surface area contributed by atoms with Crippen LogP contribution in [0.25, 0.3) is 0 Å².